The Hall–Kier alpha value is -2.92. The maximum absolute atomic E-state index is 13.2. The second kappa shape index (κ2) is 10.4. The topological polar surface area (TPSA) is 60.9 Å². The molecule has 0 saturated carbocycles. The maximum atomic E-state index is 13.2. The number of ketones is 1. The molecule has 5 nitrogen and oxygen atoms in total. The molecule has 1 heterocycles. The lowest BCUT2D eigenvalue weighted by atomic mass is 9.92. The number of hydrogen-bond acceptors (Lipinski definition) is 4. The Kier molecular flexibility index (Phi) is 7.64. The Morgan fingerprint density at radius 3 is 2.32 bits per heavy atom. The summed E-state index contributed by atoms with van der Waals surface area (Å²) in [6.07, 6.45) is 2.51. The van der Waals surface area contributed by atoms with Crippen molar-refractivity contribution in [1.82, 2.24) is 9.80 Å². The van der Waals surface area contributed by atoms with Gasteiger partial charge in [0.25, 0.3) is 5.91 Å². The molecular weight excluding hydrogens is 388 g/mol. The molecule has 1 aliphatic rings. The van der Waals surface area contributed by atoms with Gasteiger partial charge in [-0.2, -0.15) is 0 Å². The van der Waals surface area contributed by atoms with Crippen LogP contribution in [0.25, 0.3) is 0 Å². The minimum atomic E-state index is -0.538. The number of carbonyl (C=O) groups is 2. The second-order valence-corrected chi connectivity index (χ2v) is 8.32. The molecule has 2 aromatic carbocycles. The summed E-state index contributed by atoms with van der Waals surface area (Å²) >= 11 is 0. The third-order valence-corrected chi connectivity index (χ3v) is 5.80. The molecule has 0 saturated heterocycles. The van der Waals surface area contributed by atoms with Gasteiger partial charge in [-0.25, -0.2) is 0 Å². The molecule has 1 amide bonds. The minimum Gasteiger partial charge on any atom is -0.503 e. The molecular formula is C26H32N2O3. The van der Waals surface area contributed by atoms with Crippen LogP contribution >= 0.6 is 0 Å². The van der Waals surface area contributed by atoms with Crippen molar-refractivity contribution in [2.45, 2.75) is 38.6 Å². The highest BCUT2D eigenvalue weighted by molar-refractivity contribution is 6.09. The number of Topliss-reactive ketones (excluding diaryl/α,β-unsaturated/α-hetero) is 1. The first-order valence-corrected chi connectivity index (χ1v) is 11.0. The summed E-state index contributed by atoms with van der Waals surface area (Å²) in [4.78, 5) is 29.8. The maximum Gasteiger partial charge on any atom is 0.290 e. The van der Waals surface area contributed by atoms with E-state index in [1.807, 2.05) is 68.7 Å². The van der Waals surface area contributed by atoms with Crippen LogP contribution in [0.15, 0.2) is 65.9 Å². The van der Waals surface area contributed by atoms with Gasteiger partial charge in [0.1, 0.15) is 0 Å². The average Bonchev–Trinajstić information content (AvgIpc) is 3.03. The van der Waals surface area contributed by atoms with Crippen molar-refractivity contribution < 1.29 is 14.7 Å². The molecule has 0 bridgehead atoms. The lowest BCUT2D eigenvalue weighted by Crippen LogP contribution is -2.33. The zero-order chi connectivity index (χ0) is 22.4. The number of rotatable bonds is 10. The lowest BCUT2D eigenvalue weighted by molar-refractivity contribution is -0.129. The van der Waals surface area contributed by atoms with Crippen LogP contribution in [0, 0.1) is 0 Å². The van der Waals surface area contributed by atoms with Gasteiger partial charge in [-0.05, 0) is 56.6 Å². The highest BCUT2D eigenvalue weighted by Crippen LogP contribution is 2.38. The fraction of sp³-hybridized carbons (Fsp3) is 0.385. The van der Waals surface area contributed by atoms with Crippen molar-refractivity contribution in [3.8, 4) is 0 Å². The van der Waals surface area contributed by atoms with Gasteiger partial charge in [0, 0.05) is 13.0 Å². The van der Waals surface area contributed by atoms with Crippen LogP contribution in [0.4, 0.5) is 0 Å². The summed E-state index contributed by atoms with van der Waals surface area (Å²) in [7, 11) is 3.97. The Bertz CT molecular complexity index is 933. The summed E-state index contributed by atoms with van der Waals surface area (Å²) in [5.74, 6) is -1.02. The lowest BCUT2D eigenvalue weighted by Gasteiger charge is -2.27. The molecule has 1 unspecified atom stereocenters. The Morgan fingerprint density at radius 2 is 1.71 bits per heavy atom. The van der Waals surface area contributed by atoms with Crippen LogP contribution in [-0.4, -0.2) is 53.8 Å². The van der Waals surface area contributed by atoms with E-state index in [9.17, 15) is 14.7 Å². The highest BCUT2D eigenvalue weighted by Gasteiger charge is 2.42. The monoisotopic (exact) mass is 420 g/mol. The Balaban J connectivity index is 1.87. The van der Waals surface area contributed by atoms with Gasteiger partial charge in [0.05, 0.1) is 11.6 Å². The second-order valence-electron chi connectivity index (χ2n) is 8.32. The molecule has 1 atom stereocenters. The van der Waals surface area contributed by atoms with Crippen LogP contribution in [-0.2, 0) is 22.4 Å². The molecule has 1 aliphatic heterocycles. The molecule has 31 heavy (non-hydrogen) atoms. The van der Waals surface area contributed by atoms with Crippen LogP contribution < -0.4 is 0 Å². The van der Waals surface area contributed by atoms with Crippen molar-refractivity contribution in [2.24, 2.45) is 0 Å². The van der Waals surface area contributed by atoms with Crippen molar-refractivity contribution in [3.63, 3.8) is 0 Å². The summed E-state index contributed by atoms with van der Waals surface area (Å²) in [6.45, 7) is 3.39. The summed E-state index contributed by atoms with van der Waals surface area (Å²) < 4.78 is 0. The number of benzene rings is 2. The number of nitrogens with zero attached hydrogens (tertiary/aromatic N) is 2. The Morgan fingerprint density at radius 1 is 1.03 bits per heavy atom. The first-order valence-electron chi connectivity index (χ1n) is 11.0. The van der Waals surface area contributed by atoms with E-state index in [0.29, 0.717) is 13.0 Å². The molecule has 0 aliphatic carbocycles. The summed E-state index contributed by atoms with van der Waals surface area (Å²) in [5.41, 5.74) is 3.35. The number of aliphatic hydroxyl groups is 1. The van der Waals surface area contributed by atoms with E-state index in [4.69, 9.17) is 0 Å². The van der Waals surface area contributed by atoms with Crippen molar-refractivity contribution >= 4 is 11.7 Å². The standard InChI is InChI=1S/C26H32N2O3/c1-4-19-11-14-21(15-12-19)24-23(22(29)16-13-20-9-6-5-7-10-20)25(30)26(31)28(24)18-8-17-27(2)3/h5-7,9-12,14-15,24,30H,4,8,13,16-18H2,1-3H3. The number of aryl methyl sites for hydroxylation is 2. The fourth-order valence-corrected chi connectivity index (χ4v) is 4.05. The van der Waals surface area contributed by atoms with Gasteiger partial charge in [0.2, 0.25) is 0 Å². The normalized spacial score (nSPS) is 16.5. The van der Waals surface area contributed by atoms with E-state index in [2.05, 4.69) is 11.8 Å². The van der Waals surface area contributed by atoms with Crippen molar-refractivity contribution in [3.05, 3.63) is 82.6 Å². The highest BCUT2D eigenvalue weighted by atomic mass is 16.3. The number of amides is 1. The van der Waals surface area contributed by atoms with E-state index in [1.165, 1.54) is 5.56 Å². The van der Waals surface area contributed by atoms with Gasteiger partial charge >= 0.3 is 0 Å². The number of aliphatic hydroxyl groups excluding tert-OH is 1. The van der Waals surface area contributed by atoms with Crippen LogP contribution in [0.1, 0.15) is 42.5 Å². The molecule has 164 valence electrons. The number of carbonyl (C=O) groups excluding carboxylic acids is 2. The molecule has 3 rings (SSSR count). The summed E-state index contributed by atoms with van der Waals surface area (Å²) in [6, 6.07) is 17.3. The van der Waals surface area contributed by atoms with Gasteiger partial charge in [-0.15, -0.1) is 0 Å². The van der Waals surface area contributed by atoms with E-state index < -0.39 is 17.7 Å². The van der Waals surface area contributed by atoms with E-state index >= 15 is 0 Å². The molecule has 0 fully saturated rings. The van der Waals surface area contributed by atoms with E-state index in [-0.39, 0.29) is 17.8 Å². The summed E-state index contributed by atoms with van der Waals surface area (Å²) in [5, 5.41) is 10.7. The van der Waals surface area contributed by atoms with Gasteiger partial charge in [0.15, 0.2) is 11.5 Å². The first kappa shape index (κ1) is 22.8. The average molecular weight is 421 g/mol. The molecule has 5 heteroatoms. The third kappa shape index (κ3) is 5.42. The zero-order valence-electron chi connectivity index (χ0n) is 18.7. The predicted octanol–water partition coefficient (Wildman–Crippen LogP) is 4.10. The van der Waals surface area contributed by atoms with Gasteiger partial charge in [-0.3, -0.25) is 9.59 Å². The molecule has 0 spiro atoms. The SMILES string of the molecule is CCc1ccc(C2C(C(=O)CCc3ccccc3)=C(O)C(=O)N2CCCN(C)C)cc1. The molecule has 0 radical (unpaired) electrons. The van der Waals surface area contributed by atoms with Crippen molar-refractivity contribution in [1.29, 1.82) is 0 Å². The van der Waals surface area contributed by atoms with Gasteiger partial charge < -0.3 is 14.9 Å². The minimum absolute atomic E-state index is 0.172. The predicted molar refractivity (Wildman–Crippen MR) is 123 cm³/mol. The largest absolute Gasteiger partial charge is 0.503 e. The zero-order valence-corrected chi connectivity index (χ0v) is 18.7. The van der Waals surface area contributed by atoms with Crippen LogP contribution in [0.2, 0.25) is 0 Å². The van der Waals surface area contributed by atoms with Crippen LogP contribution in [0.3, 0.4) is 0 Å². The molecule has 1 N–H and O–H groups in total. The first-order chi connectivity index (χ1) is 14.9. The fourth-order valence-electron chi connectivity index (χ4n) is 4.05. The van der Waals surface area contributed by atoms with E-state index in [0.717, 1.165) is 30.5 Å². The quantitative estimate of drug-likeness (QED) is 0.629. The third-order valence-electron chi connectivity index (χ3n) is 5.80. The molecule has 2 aromatic rings. The smallest absolute Gasteiger partial charge is 0.290 e. The van der Waals surface area contributed by atoms with Gasteiger partial charge in [-0.1, -0.05) is 61.5 Å². The van der Waals surface area contributed by atoms with E-state index in [1.54, 1.807) is 4.90 Å². The Labute approximate surface area is 185 Å². The van der Waals surface area contributed by atoms with Crippen molar-refractivity contribution in [2.75, 3.05) is 27.2 Å². The number of hydrogen-bond donors (Lipinski definition) is 1. The van der Waals surface area contributed by atoms with Crippen LogP contribution in [0.5, 0.6) is 0 Å². The molecule has 0 aromatic heterocycles.